The van der Waals surface area contributed by atoms with Crippen LogP contribution in [0, 0.1) is 10.1 Å². The van der Waals surface area contributed by atoms with E-state index in [1.54, 1.807) is 6.07 Å². The summed E-state index contributed by atoms with van der Waals surface area (Å²) in [6, 6.07) is 10.2. The van der Waals surface area contributed by atoms with E-state index in [4.69, 9.17) is 16.3 Å². The van der Waals surface area contributed by atoms with Gasteiger partial charge >= 0.3 is 0 Å². The minimum atomic E-state index is -3.74. The Balaban J connectivity index is 1.86. The number of amides is 1. The second kappa shape index (κ2) is 9.73. The lowest BCUT2D eigenvalue weighted by atomic mass is 10.0. The van der Waals surface area contributed by atoms with Gasteiger partial charge in [-0.3, -0.25) is 19.8 Å². The number of morpholine rings is 1. The summed E-state index contributed by atoms with van der Waals surface area (Å²) >= 11 is 6.38. The van der Waals surface area contributed by atoms with Crippen LogP contribution < -0.4 is 5.32 Å². The SMILES string of the molecule is CS(=O)(=O)c1cc(C(=O)NCC(c2ccccc2Cl)N2CCOCC2)cc([N+](=O)[O-])c1. The van der Waals surface area contributed by atoms with Gasteiger partial charge < -0.3 is 10.1 Å². The number of non-ortho nitro benzene ring substituents is 1. The Bertz CT molecular complexity index is 1090. The third-order valence-corrected chi connectivity index (χ3v) is 6.44. The topological polar surface area (TPSA) is 119 Å². The number of ether oxygens (including phenoxy) is 1. The molecule has 0 radical (unpaired) electrons. The van der Waals surface area contributed by atoms with Crippen molar-refractivity contribution < 1.29 is 22.9 Å². The molecule has 1 heterocycles. The van der Waals surface area contributed by atoms with Crippen LogP contribution in [0.5, 0.6) is 0 Å². The van der Waals surface area contributed by atoms with Gasteiger partial charge in [0.2, 0.25) is 0 Å². The van der Waals surface area contributed by atoms with Gasteiger partial charge in [0.1, 0.15) is 0 Å². The van der Waals surface area contributed by atoms with Gasteiger partial charge in [0.05, 0.1) is 29.1 Å². The van der Waals surface area contributed by atoms with Crippen molar-refractivity contribution in [1.29, 1.82) is 0 Å². The largest absolute Gasteiger partial charge is 0.379 e. The average molecular weight is 468 g/mol. The molecule has 1 atom stereocenters. The molecule has 1 fully saturated rings. The van der Waals surface area contributed by atoms with Gasteiger partial charge in [-0.25, -0.2) is 8.42 Å². The maximum atomic E-state index is 12.8. The van der Waals surface area contributed by atoms with Crippen LogP contribution in [-0.4, -0.2) is 63.3 Å². The lowest BCUT2D eigenvalue weighted by Crippen LogP contribution is -2.44. The summed E-state index contributed by atoms with van der Waals surface area (Å²) in [6.07, 6.45) is 0.930. The van der Waals surface area contributed by atoms with Crippen LogP contribution in [0.25, 0.3) is 0 Å². The number of carbonyl (C=O) groups is 1. The Hall–Kier alpha value is -2.53. The van der Waals surface area contributed by atoms with Crippen LogP contribution in [0.4, 0.5) is 5.69 Å². The Morgan fingerprint density at radius 1 is 1.26 bits per heavy atom. The number of nitrogens with zero attached hydrogens (tertiary/aromatic N) is 2. The zero-order valence-electron chi connectivity index (χ0n) is 16.8. The molecule has 2 aromatic carbocycles. The van der Waals surface area contributed by atoms with Gasteiger partial charge in [-0.2, -0.15) is 0 Å². The fourth-order valence-electron chi connectivity index (χ4n) is 3.40. The lowest BCUT2D eigenvalue weighted by molar-refractivity contribution is -0.385. The second-order valence-corrected chi connectivity index (χ2v) is 9.56. The van der Waals surface area contributed by atoms with Crippen molar-refractivity contribution >= 4 is 33.0 Å². The van der Waals surface area contributed by atoms with E-state index in [9.17, 15) is 23.3 Å². The van der Waals surface area contributed by atoms with Crippen LogP contribution in [0.15, 0.2) is 47.4 Å². The molecule has 0 saturated carbocycles. The standard InChI is InChI=1S/C20H22ClN3O6S/c1-31(28,29)16-11-14(10-15(12-16)24(26)27)20(25)22-13-19(23-6-8-30-9-7-23)17-4-2-3-5-18(17)21/h2-5,10-12,19H,6-9,13H2,1H3,(H,22,25). The van der Waals surface area contributed by atoms with Gasteiger partial charge in [0, 0.05) is 48.6 Å². The van der Waals surface area contributed by atoms with Gasteiger partial charge in [-0.15, -0.1) is 0 Å². The first-order valence-corrected chi connectivity index (χ1v) is 11.8. The maximum Gasteiger partial charge on any atom is 0.271 e. The molecule has 1 N–H and O–H groups in total. The number of sulfone groups is 1. The van der Waals surface area contributed by atoms with E-state index in [0.717, 1.165) is 30.0 Å². The van der Waals surface area contributed by atoms with Gasteiger partial charge in [-0.05, 0) is 17.7 Å². The zero-order chi connectivity index (χ0) is 22.6. The lowest BCUT2D eigenvalue weighted by Gasteiger charge is -2.35. The summed E-state index contributed by atoms with van der Waals surface area (Å²) in [4.78, 5) is 25.1. The van der Waals surface area contributed by atoms with E-state index in [2.05, 4.69) is 10.2 Å². The van der Waals surface area contributed by atoms with E-state index in [1.165, 1.54) is 0 Å². The molecule has 11 heteroatoms. The summed E-state index contributed by atoms with van der Waals surface area (Å²) in [7, 11) is -3.74. The quantitative estimate of drug-likeness (QED) is 0.490. The summed E-state index contributed by atoms with van der Waals surface area (Å²) in [5.41, 5.74) is 0.264. The Morgan fingerprint density at radius 2 is 1.94 bits per heavy atom. The molecule has 1 unspecified atom stereocenters. The monoisotopic (exact) mass is 467 g/mol. The zero-order valence-corrected chi connectivity index (χ0v) is 18.4. The number of halogens is 1. The van der Waals surface area contributed by atoms with Gasteiger partial charge in [-0.1, -0.05) is 29.8 Å². The van der Waals surface area contributed by atoms with E-state index in [1.807, 2.05) is 18.2 Å². The summed E-state index contributed by atoms with van der Waals surface area (Å²) < 4.78 is 29.2. The van der Waals surface area contributed by atoms with E-state index in [0.29, 0.717) is 31.3 Å². The van der Waals surface area contributed by atoms with Crippen LogP contribution in [-0.2, 0) is 14.6 Å². The molecule has 0 aliphatic carbocycles. The number of nitro benzene ring substituents is 1. The van der Waals surface area contributed by atoms with Crippen molar-refractivity contribution in [2.24, 2.45) is 0 Å². The van der Waals surface area contributed by atoms with Crippen LogP contribution in [0.3, 0.4) is 0 Å². The maximum absolute atomic E-state index is 12.8. The van der Waals surface area contributed by atoms with Crippen molar-refractivity contribution in [2.45, 2.75) is 10.9 Å². The molecular formula is C20H22ClN3O6S. The number of carbonyl (C=O) groups excluding carboxylic acids is 1. The third-order valence-electron chi connectivity index (χ3n) is 5.00. The number of hydrogen-bond donors (Lipinski definition) is 1. The van der Waals surface area contributed by atoms with Crippen molar-refractivity contribution in [1.82, 2.24) is 10.2 Å². The molecule has 166 valence electrons. The highest BCUT2D eigenvalue weighted by molar-refractivity contribution is 7.90. The van der Waals surface area contributed by atoms with Gasteiger partial charge in [0.15, 0.2) is 9.84 Å². The van der Waals surface area contributed by atoms with Crippen molar-refractivity contribution in [3.63, 3.8) is 0 Å². The highest BCUT2D eigenvalue weighted by Gasteiger charge is 2.26. The Labute approximate surface area is 185 Å². The summed E-state index contributed by atoms with van der Waals surface area (Å²) in [6.45, 7) is 2.59. The highest BCUT2D eigenvalue weighted by Crippen LogP contribution is 2.28. The molecule has 31 heavy (non-hydrogen) atoms. The van der Waals surface area contributed by atoms with Crippen LogP contribution in [0.2, 0.25) is 5.02 Å². The first kappa shape index (κ1) is 23.1. The molecule has 9 nitrogen and oxygen atoms in total. The fourth-order valence-corrected chi connectivity index (χ4v) is 4.33. The predicted molar refractivity (Wildman–Crippen MR) is 115 cm³/mol. The van der Waals surface area contributed by atoms with Gasteiger partial charge in [0.25, 0.3) is 11.6 Å². The minimum absolute atomic E-state index is 0.102. The smallest absolute Gasteiger partial charge is 0.271 e. The normalized spacial score (nSPS) is 15.9. The molecule has 3 rings (SSSR count). The second-order valence-electron chi connectivity index (χ2n) is 7.14. The molecule has 0 spiro atoms. The average Bonchev–Trinajstić information content (AvgIpc) is 2.74. The minimum Gasteiger partial charge on any atom is -0.379 e. The molecule has 2 aromatic rings. The molecule has 0 bridgehead atoms. The molecule has 0 aromatic heterocycles. The van der Waals surface area contributed by atoms with Crippen molar-refractivity contribution in [3.8, 4) is 0 Å². The molecule has 1 aliphatic heterocycles. The summed E-state index contributed by atoms with van der Waals surface area (Å²) in [5.74, 6) is -0.612. The number of nitro groups is 1. The van der Waals surface area contributed by atoms with Crippen LogP contribution >= 0.6 is 11.6 Å². The highest BCUT2D eigenvalue weighted by atomic mass is 35.5. The van der Waals surface area contributed by atoms with E-state index < -0.39 is 26.4 Å². The Morgan fingerprint density at radius 3 is 2.55 bits per heavy atom. The number of hydrogen-bond acceptors (Lipinski definition) is 7. The van der Waals surface area contributed by atoms with Crippen molar-refractivity contribution in [3.05, 3.63) is 68.7 Å². The molecule has 1 saturated heterocycles. The van der Waals surface area contributed by atoms with Crippen molar-refractivity contribution in [2.75, 3.05) is 39.1 Å². The predicted octanol–water partition coefficient (Wildman–Crippen LogP) is 2.46. The first-order chi connectivity index (χ1) is 14.7. The Kier molecular flexibility index (Phi) is 7.26. The first-order valence-electron chi connectivity index (χ1n) is 9.51. The number of nitrogens with one attached hydrogen (secondary N) is 1. The van der Waals surface area contributed by atoms with Crippen LogP contribution in [0.1, 0.15) is 22.0 Å². The fraction of sp³-hybridized carbons (Fsp3) is 0.350. The summed E-state index contributed by atoms with van der Waals surface area (Å²) in [5, 5.41) is 14.5. The third kappa shape index (κ3) is 5.79. The van der Waals surface area contributed by atoms with E-state index >= 15 is 0 Å². The molecule has 1 amide bonds. The molecular weight excluding hydrogens is 446 g/mol. The molecule has 1 aliphatic rings. The number of benzene rings is 2. The van der Waals surface area contributed by atoms with E-state index in [-0.39, 0.29) is 23.0 Å². The number of rotatable bonds is 7.